The minimum absolute atomic E-state index is 0.260. The summed E-state index contributed by atoms with van der Waals surface area (Å²) in [6.07, 6.45) is 0. The molecule has 0 aromatic rings. The number of thiocarbonyl (C=S) groups is 1. The van der Waals surface area contributed by atoms with Gasteiger partial charge in [0.1, 0.15) is 0 Å². The number of aliphatic hydroxyl groups excluding tert-OH is 1. The highest BCUT2D eigenvalue weighted by atomic mass is 32.1. The quantitative estimate of drug-likeness (QED) is 0.614. The second kappa shape index (κ2) is 4.74. The predicted octanol–water partition coefficient (Wildman–Crippen LogP) is -0.0564. The third-order valence-electron chi connectivity index (χ3n) is 2.23. The maximum absolute atomic E-state index is 8.71. The number of hydrogen-bond donors (Lipinski definition) is 1. The van der Waals surface area contributed by atoms with Crippen LogP contribution in [0, 0.1) is 0 Å². The lowest BCUT2D eigenvalue weighted by Crippen LogP contribution is -2.48. The number of nitrogens with zero attached hydrogens (tertiary/aromatic N) is 2. The van der Waals surface area contributed by atoms with Crippen molar-refractivity contribution in [2.24, 2.45) is 0 Å². The molecule has 0 atom stereocenters. The van der Waals surface area contributed by atoms with E-state index in [0.717, 1.165) is 37.7 Å². The molecule has 0 aromatic carbocycles. The van der Waals surface area contributed by atoms with Crippen molar-refractivity contribution in [3.63, 3.8) is 0 Å². The summed E-state index contributed by atoms with van der Waals surface area (Å²) >= 11 is 5.08. The van der Waals surface area contributed by atoms with Crippen molar-refractivity contribution >= 4 is 17.2 Å². The van der Waals surface area contributed by atoms with Gasteiger partial charge in [0.25, 0.3) is 0 Å². The van der Waals surface area contributed by atoms with Crippen LogP contribution in [0.2, 0.25) is 0 Å². The van der Waals surface area contributed by atoms with Gasteiger partial charge in [-0.15, -0.1) is 0 Å². The van der Waals surface area contributed by atoms with E-state index in [4.69, 9.17) is 17.3 Å². The van der Waals surface area contributed by atoms with Crippen LogP contribution in [0.4, 0.5) is 0 Å². The van der Waals surface area contributed by atoms with Gasteiger partial charge in [-0.05, 0) is 6.92 Å². The molecule has 1 saturated heterocycles. The molecule has 0 unspecified atom stereocenters. The summed E-state index contributed by atoms with van der Waals surface area (Å²) in [5.41, 5.74) is 0. The van der Waals surface area contributed by atoms with Crippen molar-refractivity contribution in [2.45, 2.75) is 6.92 Å². The first-order chi connectivity index (χ1) is 5.74. The van der Waals surface area contributed by atoms with Gasteiger partial charge in [-0.25, -0.2) is 0 Å². The Kier molecular flexibility index (Phi) is 3.91. The lowest BCUT2D eigenvalue weighted by molar-refractivity contribution is 0.148. The fraction of sp³-hybridized carbons (Fsp3) is 0.875. The van der Waals surface area contributed by atoms with Crippen LogP contribution in [-0.2, 0) is 0 Å². The maximum Gasteiger partial charge on any atom is 0.0748 e. The Morgan fingerprint density at radius 1 is 1.33 bits per heavy atom. The molecule has 0 spiro atoms. The average molecular weight is 188 g/mol. The molecule has 1 heterocycles. The largest absolute Gasteiger partial charge is 0.395 e. The normalized spacial score (nSPS) is 19.7. The molecule has 1 rings (SSSR count). The number of aliphatic hydroxyl groups is 1. The van der Waals surface area contributed by atoms with E-state index < -0.39 is 0 Å². The van der Waals surface area contributed by atoms with Crippen molar-refractivity contribution < 1.29 is 5.11 Å². The molecule has 3 nitrogen and oxygen atoms in total. The van der Waals surface area contributed by atoms with Crippen molar-refractivity contribution in [3.05, 3.63) is 0 Å². The van der Waals surface area contributed by atoms with Crippen molar-refractivity contribution in [1.29, 1.82) is 0 Å². The summed E-state index contributed by atoms with van der Waals surface area (Å²) in [6, 6.07) is 0. The molecule has 0 radical (unpaired) electrons. The van der Waals surface area contributed by atoms with Crippen LogP contribution in [0.1, 0.15) is 6.92 Å². The highest BCUT2D eigenvalue weighted by Gasteiger charge is 2.15. The lowest BCUT2D eigenvalue weighted by atomic mass is 10.3. The third kappa shape index (κ3) is 2.69. The molecule has 4 heteroatoms. The first kappa shape index (κ1) is 9.89. The Hall–Kier alpha value is -0.190. The predicted molar refractivity (Wildman–Crippen MR) is 53.4 cm³/mol. The Labute approximate surface area is 79.0 Å². The molecule has 0 saturated carbocycles. The second-order valence-corrected chi connectivity index (χ2v) is 3.66. The molecule has 1 fully saturated rings. The number of β-amino-alcohol motifs (C(OH)–C–C–N with tert-alkyl or cyclic N) is 1. The van der Waals surface area contributed by atoms with Crippen LogP contribution < -0.4 is 0 Å². The molecule has 0 amide bonds. The zero-order valence-electron chi connectivity index (χ0n) is 7.49. The van der Waals surface area contributed by atoms with E-state index in [1.807, 2.05) is 6.92 Å². The summed E-state index contributed by atoms with van der Waals surface area (Å²) in [4.78, 5) is 5.46. The smallest absolute Gasteiger partial charge is 0.0748 e. The Bertz CT molecular complexity index is 155. The molecule has 1 aliphatic heterocycles. The first-order valence-corrected chi connectivity index (χ1v) is 4.73. The maximum atomic E-state index is 8.71. The summed E-state index contributed by atoms with van der Waals surface area (Å²) in [6.45, 7) is 7.09. The summed E-state index contributed by atoms with van der Waals surface area (Å²) < 4.78 is 0. The summed E-state index contributed by atoms with van der Waals surface area (Å²) in [5, 5.41) is 8.71. The van der Waals surface area contributed by atoms with E-state index >= 15 is 0 Å². The van der Waals surface area contributed by atoms with Gasteiger partial charge in [0, 0.05) is 32.7 Å². The number of hydrogen-bond acceptors (Lipinski definition) is 3. The van der Waals surface area contributed by atoms with Gasteiger partial charge in [0.05, 0.1) is 11.6 Å². The van der Waals surface area contributed by atoms with Gasteiger partial charge in [-0.1, -0.05) is 12.2 Å². The standard InChI is InChI=1S/C8H16N2OS/c1-8(12)10-4-2-9(3-5-10)6-7-11/h11H,2-7H2,1H3. The van der Waals surface area contributed by atoms with Crippen molar-refractivity contribution in [1.82, 2.24) is 9.80 Å². The van der Waals surface area contributed by atoms with Crippen molar-refractivity contribution in [3.8, 4) is 0 Å². The summed E-state index contributed by atoms with van der Waals surface area (Å²) in [5.74, 6) is 0. The fourth-order valence-electron chi connectivity index (χ4n) is 1.43. The van der Waals surface area contributed by atoms with E-state index in [1.165, 1.54) is 0 Å². The second-order valence-electron chi connectivity index (χ2n) is 3.07. The first-order valence-electron chi connectivity index (χ1n) is 4.33. The number of rotatable bonds is 2. The zero-order chi connectivity index (χ0) is 8.97. The van der Waals surface area contributed by atoms with Crippen LogP contribution in [-0.4, -0.2) is 59.2 Å². The molecular formula is C8H16N2OS. The van der Waals surface area contributed by atoms with Gasteiger partial charge in [0.15, 0.2) is 0 Å². The van der Waals surface area contributed by atoms with E-state index in [2.05, 4.69) is 9.80 Å². The lowest BCUT2D eigenvalue weighted by Gasteiger charge is -2.35. The molecule has 12 heavy (non-hydrogen) atoms. The van der Waals surface area contributed by atoms with Crippen LogP contribution in [0.15, 0.2) is 0 Å². The molecule has 1 N–H and O–H groups in total. The fourth-order valence-corrected chi connectivity index (χ4v) is 1.61. The molecular weight excluding hydrogens is 172 g/mol. The molecule has 0 aromatic heterocycles. The Morgan fingerprint density at radius 3 is 2.33 bits per heavy atom. The van der Waals surface area contributed by atoms with Crippen LogP contribution in [0.3, 0.4) is 0 Å². The number of piperazine rings is 1. The van der Waals surface area contributed by atoms with Gasteiger partial charge in [0.2, 0.25) is 0 Å². The molecule has 0 bridgehead atoms. The Morgan fingerprint density at radius 2 is 1.92 bits per heavy atom. The Balaban J connectivity index is 2.25. The van der Waals surface area contributed by atoms with Crippen LogP contribution >= 0.6 is 12.2 Å². The minimum atomic E-state index is 0.260. The van der Waals surface area contributed by atoms with E-state index in [0.29, 0.717) is 0 Å². The van der Waals surface area contributed by atoms with E-state index in [9.17, 15) is 0 Å². The third-order valence-corrected chi connectivity index (χ3v) is 2.49. The highest BCUT2D eigenvalue weighted by Crippen LogP contribution is 2.01. The minimum Gasteiger partial charge on any atom is -0.395 e. The molecule has 1 aliphatic rings. The SMILES string of the molecule is CC(=S)N1CCN(CCO)CC1. The monoisotopic (exact) mass is 188 g/mol. The van der Waals surface area contributed by atoms with Gasteiger partial charge in [-0.2, -0.15) is 0 Å². The van der Waals surface area contributed by atoms with E-state index in [-0.39, 0.29) is 6.61 Å². The van der Waals surface area contributed by atoms with Crippen LogP contribution in [0.25, 0.3) is 0 Å². The van der Waals surface area contributed by atoms with Crippen LogP contribution in [0.5, 0.6) is 0 Å². The average Bonchev–Trinajstić information content (AvgIpc) is 2.06. The molecule has 70 valence electrons. The molecule has 0 aliphatic carbocycles. The van der Waals surface area contributed by atoms with Crippen molar-refractivity contribution in [2.75, 3.05) is 39.3 Å². The van der Waals surface area contributed by atoms with E-state index in [1.54, 1.807) is 0 Å². The van der Waals surface area contributed by atoms with Gasteiger partial charge in [-0.3, -0.25) is 4.90 Å². The topological polar surface area (TPSA) is 26.7 Å². The summed E-state index contributed by atoms with van der Waals surface area (Å²) in [7, 11) is 0. The highest BCUT2D eigenvalue weighted by molar-refractivity contribution is 7.80. The van der Waals surface area contributed by atoms with Gasteiger partial charge < -0.3 is 10.0 Å². The zero-order valence-corrected chi connectivity index (χ0v) is 8.31. The van der Waals surface area contributed by atoms with Gasteiger partial charge >= 0.3 is 0 Å².